The Bertz CT molecular complexity index is 799. The SMILES string of the molecule is CCCNC(=O)c1cnc(Nc2ccc3ncccc3c2)s1. The fraction of sp³-hybridized carbons (Fsp3) is 0.188. The fourth-order valence-corrected chi connectivity index (χ4v) is 2.79. The van der Waals surface area contributed by atoms with Crippen molar-refractivity contribution in [1.29, 1.82) is 0 Å². The molecule has 0 unspecified atom stereocenters. The number of hydrogen-bond donors (Lipinski definition) is 2. The van der Waals surface area contributed by atoms with Crippen LogP contribution in [-0.2, 0) is 0 Å². The standard InChI is InChI=1S/C16H16N4OS/c1-2-7-18-15(21)14-10-19-16(22-14)20-12-5-6-13-11(9-12)4-3-8-17-13/h3-6,8-10H,2,7H2,1H3,(H,18,21)(H,19,20). The summed E-state index contributed by atoms with van der Waals surface area (Å²) < 4.78 is 0. The maximum absolute atomic E-state index is 11.9. The minimum atomic E-state index is -0.0740. The summed E-state index contributed by atoms with van der Waals surface area (Å²) in [6.07, 6.45) is 4.29. The third-order valence-corrected chi connectivity index (χ3v) is 4.03. The van der Waals surface area contributed by atoms with Crippen LogP contribution in [0.4, 0.5) is 10.8 Å². The van der Waals surface area contributed by atoms with E-state index in [1.807, 2.05) is 37.3 Å². The highest BCUT2D eigenvalue weighted by Gasteiger charge is 2.10. The minimum Gasteiger partial charge on any atom is -0.351 e. The summed E-state index contributed by atoms with van der Waals surface area (Å²) in [7, 11) is 0. The lowest BCUT2D eigenvalue weighted by molar-refractivity contribution is 0.0957. The van der Waals surface area contributed by atoms with E-state index in [0.29, 0.717) is 16.6 Å². The van der Waals surface area contributed by atoms with Gasteiger partial charge in [-0.15, -0.1) is 0 Å². The van der Waals surface area contributed by atoms with Crippen LogP contribution in [-0.4, -0.2) is 22.4 Å². The number of thiazole rings is 1. The summed E-state index contributed by atoms with van der Waals surface area (Å²) in [5.74, 6) is -0.0740. The summed E-state index contributed by atoms with van der Waals surface area (Å²) in [6.45, 7) is 2.70. The van der Waals surface area contributed by atoms with Gasteiger partial charge in [-0.3, -0.25) is 9.78 Å². The van der Waals surface area contributed by atoms with Crippen LogP contribution in [0, 0.1) is 0 Å². The van der Waals surface area contributed by atoms with E-state index in [1.165, 1.54) is 11.3 Å². The molecule has 6 heteroatoms. The van der Waals surface area contributed by atoms with Gasteiger partial charge in [0.15, 0.2) is 5.13 Å². The normalized spacial score (nSPS) is 10.6. The second kappa shape index (κ2) is 6.53. The van der Waals surface area contributed by atoms with Crippen molar-refractivity contribution >= 4 is 39.0 Å². The topological polar surface area (TPSA) is 66.9 Å². The average molecular weight is 312 g/mol. The molecule has 3 aromatic rings. The van der Waals surface area contributed by atoms with Gasteiger partial charge in [-0.05, 0) is 30.7 Å². The van der Waals surface area contributed by atoms with Gasteiger partial charge in [-0.25, -0.2) is 4.98 Å². The van der Waals surface area contributed by atoms with E-state index in [2.05, 4.69) is 20.6 Å². The molecule has 0 radical (unpaired) electrons. The van der Waals surface area contributed by atoms with Gasteiger partial charge in [-0.1, -0.05) is 24.3 Å². The van der Waals surface area contributed by atoms with Crippen LogP contribution in [0.5, 0.6) is 0 Å². The number of pyridine rings is 1. The van der Waals surface area contributed by atoms with Crippen LogP contribution in [0.15, 0.2) is 42.7 Å². The number of carbonyl (C=O) groups excluding carboxylic acids is 1. The number of rotatable bonds is 5. The van der Waals surface area contributed by atoms with Crippen LogP contribution in [0.1, 0.15) is 23.0 Å². The predicted molar refractivity (Wildman–Crippen MR) is 89.8 cm³/mol. The summed E-state index contributed by atoms with van der Waals surface area (Å²) in [6, 6.07) is 9.85. The maximum atomic E-state index is 11.9. The Kier molecular flexibility index (Phi) is 4.29. The molecule has 2 N–H and O–H groups in total. The molecule has 0 bridgehead atoms. The lowest BCUT2D eigenvalue weighted by atomic mass is 10.2. The quantitative estimate of drug-likeness (QED) is 0.756. The molecule has 0 aliphatic carbocycles. The van der Waals surface area contributed by atoms with Gasteiger partial charge in [0.2, 0.25) is 0 Å². The summed E-state index contributed by atoms with van der Waals surface area (Å²) in [5.41, 5.74) is 1.88. The Labute approximate surface area is 132 Å². The van der Waals surface area contributed by atoms with Gasteiger partial charge in [0.05, 0.1) is 11.7 Å². The molecule has 112 valence electrons. The number of nitrogens with zero attached hydrogens (tertiary/aromatic N) is 2. The zero-order valence-electron chi connectivity index (χ0n) is 12.2. The molecule has 2 aromatic heterocycles. The van der Waals surface area contributed by atoms with Crippen LogP contribution in [0.3, 0.4) is 0 Å². The number of aromatic nitrogens is 2. The molecule has 3 rings (SSSR count). The van der Waals surface area contributed by atoms with Crippen LogP contribution in [0.25, 0.3) is 10.9 Å². The second-order valence-electron chi connectivity index (χ2n) is 4.82. The van der Waals surface area contributed by atoms with Gasteiger partial charge in [-0.2, -0.15) is 0 Å². The van der Waals surface area contributed by atoms with Gasteiger partial charge in [0.25, 0.3) is 5.91 Å². The predicted octanol–water partition coefficient (Wildman–Crippen LogP) is 3.57. The molecular formula is C16H16N4OS. The van der Waals surface area contributed by atoms with Crippen LogP contribution >= 0.6 is 11.3 Å². The van der Waals surface area contributed by atoms with Gasteiger partial charge < -0.3 is 10.6 Å². The molecule has 0 saturated carbocycles. The molecule has 1 aromatic carbocycles. The van der Waals surface area contributed by atoms with E-state index < -0.39 is 0 Å². The smallest absolute Gasteiger partial charge is 0.263 e. The monoisotopic (exact) mass is 312 g/mol. The van der Waals surface area contributed by atoms with Gasteiger partial charge >= 0.3 is 0 Å². The Balaban J connectivity index is 1.74. The van der Waals surface area contributed by atoms with E-state index >= 15 is 0 Å². The van der Waals surface area contributed by atoms with Crippen molar-refractivity contribution in [2.45, 2.75) is 13.3 Å². The molecule has 2 heterocycles. The molecular weight excluding hydrogens is 296 g/mol. The highest BCUT2D eigenvalue weighted by Crippen LogP contribution is 2.24. The summed E-state index contributed by atoms with van der Waals surface area (Å²) in [5, 5.41) is 7.83. The van der Waals surface area contributed by atoms with Crippen molar-refractivity contribution in [3.63, 3.8) is 0 Å². The number of carbonyl (C=O) groups is 1. The zero-order chi connectivity index (χ0) is 15.4. The van der Waals surface area contributed by atoms with Crippen molar-refractivity contribution < 1.29 is 4.79 Å². The van der Waals surface area contributed by atoms with Crippen molar-refractivity contribution in [1.82, 2.24) is 15.3 Å². The minimum absolute atomic E-state index is 0.0740. The first-order valence-corrected chi connectivity index (χ1v) is 7.94. The van der Waals surface area contributed by atoms with Crippen LogP contribution < -0.4 is 10.6 Å². The number of fused-ring (bicyclic) bond motifs is 1. The molecule has 0 aliphatic rings. The van der Waals surface area contributed by atoms with Crippen LogP contribution in [0.2, 0.25) is 0 Å². The number of benzene rings is 1. The third kappa shape index (κ3) is 3.23. The number of amides is 1. The molecule has 5 nitrogen and oxygen atoms in total. The highest BCUT2D eigenvalue weighted by molar-refractivity contribution is 7.17. The Morgan fingerprint density at radius 2 is 2.18 bits per heavy atom. The zero-order valence-corrected chi connectivity index (χ0v) is 13.0. The highest BCUT2D eigenvalue weighted by atomic mass is 32.1. The molecule has 0 spiro atoms. The molecule has 1 amide bonds. The first-order chi connectivity index (χ1) is 10.8. The summed E-state index contributed by atoms with van der Waals surface area (Å²) in [4.78, 5) is 21.0. The van der Waals surface area contributed by atoms with E-state index in [0.717, 1.165) is 23.0 Å². The van der Waals surface area contributed by atoms with Crippen molar-refractivity contribution in [3.05, 3.63) is 47.6 Å². The maximum Gasteiger partial charge on any atom is 0.263 e. The molecule has 0 fully saturated rings. The lowest BCUT2D eigenvalue weighted by Crippen LogP contribution is -2.22. The van der Waals surface area contributed by atoms with E-state index in [4.69, 9.17) is 0 Å². The largest absolute Gasteiger partial charge is 0.351 e. The van der Waals surface area contributed by atoms with Crippen molar-refractivity contribution in [3.8, 4) is 0 Å². The molecule has 22 heavy (non-hydrogen) atoms. The lowest BCUT2D eigenvalue weighted by Gasteiger charge is -2.04. The summed E-state index contributed by atoms with van der Waals surface area (Å²) >= 11 is 1.34. The molecule has 0 atom stereocenters. The Morgan fingerprint density at radius 3 is 3.05 bits per heavy atom. The van der Waals surface area contributed by atoms with E-state index in [1.54, 1.807) is 12.4 Å². The van der Waals surface area contributed by atoms with Gasteiger partial charge in [0, 0.05) is 23.8 Å². The van der Waals surface area contributed by atoms with Crippen molar-refractivity contribution in [2.75, 3.05) is 11.9 Å². The Hall–Kier alpha value is -2.47. The first-order valence-electron chi connectivity index (χ1n) is 7.12. The van der Waals surface area contributed by atoms with Gasteiger partial charge in [0.1, 0.15) is 4.88 Å². The third-order valence-electron chi connectivity index (χ3n) is 3.12. The fourth-order valence-electron chi connectivity index (χ4n) is 2.04. The molecule has 0 aliphatic heterocycles. The van der Waals surface area contributed by atoms with Crippen molar-refractivity contribution in [2.24, 2.45) is 0 Å². The Morgan fingerprint density at radius 1 is 1.27 bits per heavy atom. The average Bonchev–Trinajstić information content (AvgIpc) is 3.01. The number of hydrogen-bond acceptors (Lipinski definition) is 5. The number of nitrogens with one attached hydrogen (secondary N) is 2. The van der Waals surface area contributed by atoms with E-state index in [-0.39, 0.29) is 5.91 Å². The van der Waals surface area contributed by atoms with E-state index in [9.17, 15) is 4.79 Å². The second-order valence-corrected chi connectivity index (χ2v) is 5.85. The molecule has 0 saturated heterocycles. The first kappa shape index (κ1) is 14.5. The number of anilines is 2.